The highest BCUT2D eigenvalue weighted by atomic mass is 35.5. The quantitative estimate of drug-likeness (QED) is 0.551. The molecule has 0 radical (unpaired) electrons. The van der Waals surface area contributed by atoms with Gasteiger partial charge < -0.3 is 4.74 Å². The van der Waals surface area contributed by atoms with E-state index < -0.39 is 6.23 Å². The van der Waals surface area contributed by atoms with Crippen molar-refractivity contribution in [3.8, 4) is 5.75 Å². The number of hydrogen-bond donors (Lipinski definition) is 0. The summed E-state index contributed by atoms with van der Waals surface area (Å²) in [5.74, 6) is 0.650. The lowest BCUT2D eigenvalue weighted by Gasteiger charge is -2.37. The van der Waals surface area contributed by atoms with Crippen LogP contribution in [-0.4, -0.2) is 22.7 Å². The largest absolute Gasteiger partial charge is 0.461 e. The number of rotatable bonds is 3. The summed E-state index contributed by atoms with van der Waals surface area (Å²) in [6.07, 6.45) is -0.0814. The minimum atomic E-state index is -0.789. The third-order valence-electron chi connectivity index (χ3n) is 5.44. The lowest BCUT2D eigenvalue weighted by Crippen LogP contribution is -2.45. The lowest BCUT2D eigenvalue weighted by molar-refractivity contribution is -0.00455. The number of benzene rings is 3. The zero-order valence-corrected chi connectivity index (χ0v) is 16.6. The summed E-state index contributed by atoms with van der Waals surface area (Å²) in [6.45, 7) is 2.00. The average molecular weight is 403 g/mol. The molecule has 0 saturated heterocycles. The molecule has 0 fully saturated rings. The average Bonchev–Trinajstić information content (AvgIpc) is 3.19. The Morgan fingerprint density at radius 3 is 2.52 bits per heavy atom. The van der Waals surface area contributed by atoms with Crippen molar-refractivity contribution < 1.29 is 9.53 Å². The number of fused-ring (bicyclic) bond motifs is 3. The van der Waals surface area contributed by atoms with E-state index in [4.69, 9.17) is 21.4 Å². The van der Waals surface area contributed by atoms with Crippen LogP contribution in [0.25, 0.3) is 0 Å². The van der Waals surface area contributed by atoms with Crippen LogP contribution in [0.15, 0.2) is 77.9 Å². The number of carbonyl (C=O) groups excluding carboxylic acids is 1. The first-order valence-electron chi connectivity index (χ1n) is 9.58. The molecule has 5 rings (SSSR count). The van der Waals surface area contributed by atoms with Gasteiger partial charge in [-0.2, -0.15) is 5.10 Å². The number of Topliss-reactive ketones (excluding diaryl/α,β-unsaturated/α-hetero) is 1. The van der Waals surface area contributed by atoms with E-state index in [2.05, 4.69) is 0 Å². The predicted molar refractivity (Wildman–Crippen MR) is 114 cm³/mol. The monoisotopic (exact) mass is 402 g/mol. The second-order valence-electron chi connectivity index (χ2n) is 7.39. The van der Waals surface area contributed by atoms with Crippen LogP contribution in [0.4, 0.5) is 0 Å². The maximum Gasteiger partial charge on any atom is 0.251 e. The molecule has 0 N–H and O–H groups in total. The number of halogens is 1. The summed E-state index contributed by atoms with van der Waals surface area (Å²) in [5, 5.41) is 7.32. The van der Waals surface area contributed by atoms with Gasteiger partial charge in [-0.15, -0.1) is 0 Å². The van der Waals surface area contributed by atoms with Gasteiger partial charge in [0.25, 0.3) is 6.23 Å². The highest BCUT2D eigenvalue weighted by molar-refractivity contribution is 6.30. The van der Waals surface area contributed by atoms with Crippen molar-refractivity contribution in [3.05, 3.63) is 100 Å². The summed E-state index contributed by atoms with van der Waals surface area (Å²) in [5.41, 5.74) is 4.71. The SMILES string of the molecule is Cc1ccc(C(=O)[C@@H]2Oc3ccccc3[C@@H]3CC(c4ccc(Cl)cc4)=NN23)cc1. The predicted octanol–water partition coefficient (Wildman–Crippen LogP) is 5.40. The molecule has 4 nitrogen and oxygen atoms in total. The van der Waals surface area contributed by atoms with Gasteiger partial charge in [0.2, 0.25) is 5.78 Å². The van der Waals surface area contributed by atoms with Crippen molar-refractivity contribution in [2.75, 3.05) is 0 Å². The first-order chi connectivity index (χ1) is 14.1. The summed E-state index contributed by atoms with van der Waals surface area (Å²) in [4.78, 5) is 13.3. The van der Waals surface area contributed by atoms with Gasteiger partial charge in [0.15, 0.2) is 0 Å². The van der Waals surface area contributed by atoms with E-state index in [-0.39, 0.29) is 11.8 Å². The van der Waals surface area contributed by atoms with Crippen molar-refractivity contribution >= 4 is 23.1 Å². The molecule has 3 aromatic rings. The number of para-hydroxylation sites is 1. The van der Waals surface area contributed by atoms with E-state index in [1.807, 2.05) is 84.7 Å². The molecule has 0 unspecified atom stereocenters. The third-order valence-corrected chi connectivity index (χ3v) is 5.69. The maximum absolute atomic E-state index is 13.3. The lowest BCUT2D eigenvalue weighted by atomic mass is 9.95. The van der Waals surface area contributed by atoms with Crippen LogP contribution in [0.2, 0.25) is 5.02 Å². The second kappa shape index (κ2) is 7.05. The maximum atomic E-state index is 13.3. The molecule has 5 heteroatoms. The standard InChI is InChI=1S/C24H19ClN2O2/c1-15-6-8-17(9-7-15)23(28)24-27-21(19-4-2-3-5-22(19)29-24)14-20(26-27)16-10-12-18(25)13-11-16/h2-13,21,24H,14H2,1H3/t21-,24-/m0/s1. The molecule has 2 atom stereocenters. The number of carbonyl (C=O) groups is 1. The van der Waals surface area contributed by atoms with Gasteiger partial charge in [-0.1, -0.05) is 71.8 Å². The number of hydrogen-bond acceptors (Lipinski definition) is 4. The normalized spacial score (nSPS) is 19.8. The van der Waals surface area contributed by atoms with E-state index in [1.165, 1.54) is 0 Å². The van der Waals surface area contributed by atoms with Gasteiger partial charge in [-0.05, 0) is 30.7 Å². The van der Waals surface area contributed by atoms with E-state index >= 15 is 0 Å². The smallest absolute Gasteiger partial charge is 0.251 e. The molecule has 29 heavy (non-hydrogen) atoms. The van der Waals surface area contributed by atoms with Gasteiger partial charge in [-0.3, -0.25) is 4.79 Å². The fraction of sp³-hybridized carbons (Fsp3) is 0.167. The van der Waals surface area contributed by atoms with Gasteiger partial charge in [-0.25, -0.2) is 5.01 Å². The highest BCUT2D eigenvalue weighted by Gasteiger charge is 2.43. The molecule has 0 aliphatic carbocycles. The third kappa shape index (κ3) is 3.19. The van der Waals surface area contributed by atoms with E-state index in [9.17, 15) is 4.79 Å². The van der Waals surface area contributed by atoms with E-state index in [0.29, 0.717) is 17.0 Å². The van der Waals surface area contributed by atoms with Crippen molar-refractivity contribution in [2.45, 2.75) is 25.6 Å². The molecular formula is C24H19ClN2O2. The molecule has 2 aliphatic heterocycles. The molecule has 0 aromatic heterocycles. The molecule has 144 valence electrons. The van der Waals surface area contributed by atoms with Gasteiger partial charge >= 0.3 is 0 Å². The minimum Gasteiger partial charge on any atom is -0.461 e. The Hall–Kier alpha value is -3.11. The van der Waals surface area contributed by atoms with Crippen molar-refractivity contribution in [1.29, 1.82) is 0 Å². The van der Waals surface area contributed by atoms with Gasteiger partial charge in [0, 0.05) is 22.6 Å². The van der Waals surface area contributed by atoms with Crippen LogP contribution in [0.3, 0.4) is 0 Å². The fourth-order valence-electron chi connectivity index (χ4n) is 3.88. The zero-order valence-electron chi connectivity index (χ0n) is 15.9. The Kier molecular flexibility index (Phi) is 4.36. The van der Waals surface area contributed by atoms with Gasteiger partial charge in [0.05, 0.1) is 11.8 Å². The molecule has 2 aliphatic rings. The number of aryl methyl sites for hydroxylation is 1. The Labute approximate surface area is 174 Å². The summed E-state index contributed by atoms with van der Waals surface area (Å²) in [6, 6.07) is 23.0. The second-order valence-corrected chi connectivity index (χ2v) is 7.83. The van der Waals surface area contributed by atoms with Gasteiger partial charge in [0.1, 0.15) is 5.75 Å². The Balaban J connectivity index is 1.55. The van der Waals surface area contributed by atoms with E-state index in [0.717, 1.165) is 28.2 Å². The van der Waals surface area contributed by atoms with Crippen molar-refractivity contribution in [2.24, 2.45) is 5.10 Å². The first kappa shape index (κ1) is 18.0. The molecule has 2 heterocycles. The molecule has 3 aromatic carbocycles. The van der Waals surface area contributed by atoms with E-state index in [1.54, 1.807) is 0 Å². The van der Waals surface area contributed by atoms with Crippen LogP contribution in [0, 0.1) is 6.92 Å². The Morgan fingerprint density at radius 1 is 1.03 bits per heavy atom. The van der Waals surface area contributed by atoms with Crippen molar-refractivity contribution in [3.63, 3.8) is 0 Å². The fourth-order valence-corrected chi connectivity index (χ4v) is 4.01. The number of hydrazone groups is 1. The van der Waals surface area contributed by atoms with Crippen LogP contribution < -0.4 is 4.74 Å². The number of ether oxygens (including phenoxy) is 1. The Bertz CT molecular complexity index is 1110. The summed E-state index contributed by atoms with van der Waals surface area (Å²) in [7, 11) is 0. The Morgan fingerprint density at radius 2 is 1.76 bits per heavy atom. The molecule has 0 spiro atoms. The van der Waals surface area contributed by atoms with Crippen molar-refractivity contribution in [1.82, 2.24) is 5.01 Å². The first-order valence-corrected chi connectivity index (χ1v) is 9.96. The topological polar surface area (TPSA) is 41.9 Å². The summed E-state index contributed by atoms with van der Waals surface area (Å²) < 4.78 is 6.14. The molecule has 0 bridgehead atoms. The van der Waals surface area contributed by atoms with Crippen LogP contribution >= 0.6 is 11.6 Å². The highest BCUT2D eigenvalue weighted by Crippen LogP contribution is 2.43. The minimum absolute atomic E-state index is 0.0370. The number of ketones is 1. The summed E-state index contributed by atoms with van der Waals surface area (Å²) >= 11 is 6.04. The van der Waals surface area contributed by atoms with Crippen LogP contribution in [-0.2, 0) is 0 Å². The molecule has 0 amide bonds. The van der Waals surface area contributed by atoms with Crippen LogP contribution in [0.5, 0.6) is 5.75 Å². The number of nitrogens with zero attached hydrogens (tertiary/aromatic N) is 2. The molecule has 0 saturated carbocycles. The van der Waals surface area contributed by atoms with Crippen LogP contribution in [0.1, 0.15) is 39.5 Å². The molecular weight excluding hydrogens is 384 g/mol. The zero-order chi connectivity index (χ0) is 20.0.